The van der Waals surface area contributed by atoms with E-state index in [0.29, 0.717) is 11.4 Å². The lowest BCUT2D eigenvalue weighted by atomic mass is 10.1. The minimum Gasteiger partial charge on any atom is -0.481 e. The van der Waals surface area contributed by atoms with Gasteiger partial charge < -0.3 is 14.6 Å². The molecule has 0 amide bonds. The van der Waals surface area contributed by atoms with Crippen LogP contribution in [0.25, 0.3) is 0 Å². The molecule has 0 saturated carbocycles. The summed E-state index contributed by atoms with van der Waals surface area (Å²) in [4.78, 5) is 14.9. The first kappa shape index (κ1) is 11.5. The smallest absolute Gasteiger partial charge is 0.308 e. The Bertz CT molecular complexity index is 340. The van der Waals surface area contributed by atoms with E-state index in [1.165, 1.54) is 14.2 Å². The third-order valence-electron chi connectivity index (χ3n) is 1.94. The summed E-state index contributed by atoms with van der Waals surface area (Å²) < 4.78 is 9.41. The van der Waals surface area contributed by atoms with Crippen LogP contribution in [-0.4, -0.2) is 30.3 Å². The topological polar surface area (TPSA) is 68.7 Å². The molecule has 0 aliphatic carbocycles. The van der Waals surface area contributed by atoms with Gasteiger partial charge >= 0.3 is 5.97 Å². The van der Waals surface area contributed by atoms with Gasteiger partial charge in [0, 0.05) is 11.8 Å². The average molecular weight is 211 g/mol. The fourth-order valence-electron chi connectivity index (χ4n) is 1.18. The molecule has 1 aromatic rings. The Hall–Kier alpha value is -1.62. The Balaban J connectivity index is 2.80. The summed E-state index contributed by atoms with van der Waals surface area (Å²) in [5.41, 5.74) is 0.477. The van der Waals surface area contributed by atoms with Gasteiger partial charge in [-0.3, -0.25) is 4.79 Å². The molecule has 0 saturated heterocycles. The van der Waals surface area contributed by atoms with Gasteiger partial charge in [-0.15, -0.1) is 0 Å². The number of carbonyl (C=O) groups is 1. The number of hydrogen-bond donors (Lipinski definition) is 1. The second-order valence-electron chi connectivity index (χ2n) is 2.90. The summed E-state index contributed by atoms with van der Waals surface area (Å²) in [5, 5.41) is 9.71. The number of carbonyl (C=O) groups excluding carboxylic acids is 1. The number of esters is 1. The third-order valence-corrected chi connectivity index (χ3v) is 1.94. The van der Waals surface area contributed by atoms with Crippen molar-refractivity contribution in [1.82, 2.24) is 4.98 Å². The maximum Gasteiger partial charge on any atom is 0.308 e. The minimum absolute atomic E-state index is 0.113. The summed E-state index contributed by atoms with van der Waals surface area (Å²) in [6.07, 6.45) is 0.479. The molecule has 1 N–H and O–H groups in total. The van der Waals surface area contributed by atoms with E-state index in [9.17, 15) is 9.90 Å². The van der Waals surface area contributed by atoms with E-state index in [4.69, 9.17) is 4.74 Å². The molecule has 1 rings (SSSR count). The lowest BCUT2D eigenvalue weighted by Crippen LogP contribution is -2.09. The number of rotatable bonds is 4. The Labute approximate surface area is 87.7 Å². The van der Waals surface area contributed by atoms with Crippen molar-refractivity contribution in [2.45, 2.75) is 12.5 Å². The molecule has 0 radical (unpaired) electrons. The fourth-order valence-corrected chi connectivity index (χ4v) is 1.18. The third kappa shape index (κ3) is 2.92. The van der Waals surface area contributed by atoms with Crippen LogP contribution in [0.1, 0.15) is 18.1 Å². The molecule has 0 aliphatic heterocycles. The Morgan fingerprint density at radius 1 is 1.60 bits per heavy atom. The molecule has 5 heteroatoms. The number of aliphatic hydroxyl groups excluding tert-OH is 1. The van der Waals surface area contributed by atoms with Crippen LogP contribution in [-0.2, 0) is 9.53 Å². The zero-order valence-electron chi connectivity index (χ0n) is 8.64. The number of aromatic nitrogens is 1. The van der Waals surface area contributed by atoms with Gasteiger partial charge in [-0.2, -0.15) is 0 Å². The molecule has 0 bridgehead atoms. The second kappa shape index (κ2) is 5.31. The lowest BCUT2D eigenvalue weighted by Gasteiger charge is -2.12. The van der Waals surface area contributed by atoms with Crippen molar-refractivity contribution in [3.05, 3.63) is 23.9 Å². The van der Waals surface area contributed by atoms with Crippen molar-refractivity contribution in [1.29, 1.82) is 0 Å². The number of methoxy groups -OCH3 is 2. The van der Waals surface area contributed by atoms with Gasteiger partial charge in [0.25, 0.3) is 0 Å². The van der Waals surface area contributed by atoms with E-state index in [0.717, 1.165) is 0 Å². The Kier molecular flexibility index (Phi) is 4.05. The van der Waals surface area contributed by atoms with Gasteiger partial charge in [-0.1, -0.05) is 0 Å². The zero-order chi connectivity index (χ0) is 11.3. The van der Waals surface area contributed by atoms with Gasteiger partial charge in [-0.25, -0.2) is 4.98 Å². The molecule has 0 unspecified atom stereocenters. The average Bonchev–Trinajstić information content (AvgIpc) is 2.28. The van der Waals surface area contributed by atoms with Crippen LogP contribution in [0.5, 0.6) is 5.88 Å². The summed E-state index contributed by atoms with van der Waals surface area (Å²) in [5.74, 6) is -0.165. The molecule has 0 aliphatic rings. The van der Waals surface area contributed by atoms with Crippen LogP contribution in [0.15, 0.2) is 18.3 Å². The number of pyridine rings is 1. The van der Waals surface area contributed by atoms with Crippen molar-refractivity contribution in [3.63, 3.8) is 0 Å². The monoisotopic (exact) mass is 211 g/mol. The summed E-state index contributed by atoms with van der Waals surface area (Å²) in [6.45, 7) is 0. The van der Waals surface area contributed by atoms with E-state index in [1.54, 1.807) is 18.3 Å². The standard InChI is InChI=1S/C10H13NO4/c1-14-9(13)6-8(12)7-4-3-5-11-10(7)15-2/h3-5,8,12H,6H2,1-2H3/t8-/m1/s1. The molecule has 1 heterocycles. The highest BCUT2D eigenvalue weighted by molar-refractivity contribution is 5.70. The number of aliphatic hydroxyl groups is 1. The first-order valence-electron chi connectivity index (χ1n) is 4.42. The normalized spacial score (nSPS) is 11.9. The molecule has 82 valence electrons. The van der Waals surface area contributed by atoms with Crippen molar-refractivity contribution < 1.29 is 19.4 Å². The highest BCUT2D eigenvalue weighted by Crippen LogP contribution is 2.24. The number of ether oxygens (including phenoxy) is 2. The summed E-state index contributed by atoms with van der Waals surface area (Å²) in [7, 11) is 2.73. The van der Waals surface area contributed by atoms with Crippen LogP contribution < -0.4 is 4.74 Å². The lowest BCUT2D eigenvalue weighted by molar-refractivity contribution is -0.142. The quantitative estimate of drug-likeness (QED) is 0.742. The molecule has 15 heavy (non-hydrogen) atoms. The Morgan fingerprint density at radius 2 is 2.33 bits per heavy atom. The molecule has 1 atom stereocenters. The second-order valence-corrected chi connectivity index (χ2v) is 2.90. The maximum absolute atomic E-state index is 11.0. The van der Waals surface area contributed by atoms with Crippen molar-refractivity contribution in [3.8, 4) is 5.88 Å². The molecule has 5 nitrogen and oxygen atoms in total. The van der Waals surface area contributed by atoms with Crippen LogP contribution in [0.3, 0.4) is 0 Å². The summed E-state index contributed by atoms with van der Waals surface area (Å²) in [6, 6.07) is 3.32. The fraction of sp³-hybridized carbons (Fsp3) is 0.400. The van der Waals surface area contributed by atoms with Crippen molar-refractivity contribution in [2.24, 2.45) is 0 Å². The van der Waals surface area contributed by atoms with Gasteiger partial charge in [0.15, 0.2) is 0 Å². The van der Waals surface area contributed by atoms with Crippen LogP contribution >= 0.6 is 0 Å². The zero-order valence-corrected chi connectivity index (χ0v) is 8.64. The van der Waals surface area contributed by atoms with Gasteiger partial charge in [0.2, 0.25) is 5.88 Å². The maximum atomic E-state index is 11.0. The first-order chi connectivity index (χ1) is 7.19. The first-order valence-corrected chi connectivity index (χ1v) is 4.42. The highest BCUT2D eigenvalue weighted by Gasteiger charge is 2.17. The molecule has 0 aromatic carbocycles. The minimum atomic E-state index is -0.957. The molecule has 0 spiro atoms. The molecule has 1 aromatic heterocycles. The van der Waals surface area contributed by atoms with Crippen molar-refractivity contribution >= 4 is 5.97 Å². The van der Waals surface area contributed by atoms with Gasteiger partial charge in [0.1, 0.15) is 0 Å². The van der Waals surface area contributed by atoms with E-state index in [2.05, 4.69) is 9.72 Å². The SMILES string of the molecule is COC(=O)C[C@@H](O)c1cccnc1OC. The van der Waals surface area contributed by atoms with E-state index >= 15 is 0 Å². The molecular formula is C10H13NO4. The summed E-state index contributed by atoms with van der Waals surface area (Å²) >= 11 is 0. The van der Waals surface area contributed by atoms with Crippen LogP contribution in [0.2, 0.25) is 0 Å². The van der Waals surface area contributed by atoms with Gasteiger partial charge in [0.05, 0.1) is 26.7 Å². The molecule has 0 fully saturated rings. The van der Waals surface area contributed by atoms with Crippen LogP contribution in [0, 0.1) is 0 Å². The van der Waals surface area contributed by atoms with E-state index in [-0.39, 0.29) is 6.42 Å². The Morgan fingerprint density at radius 3 is 2.93 bits per heavy atom. The largest absolute Gasteiger partial charge is 0.481 e. The number of hydrogen-bond acceptors (Lipinski definition) is 5. The van der Waals surface area contributed by atoms with E-state index in [1.807, 2.05) is 0 Å². The van der Waals surface area contributed by atoms with Crippen LogP contribution in [0.4, 0.5) is 0 Å². The highest BCUT2D eigenvalue weighted by atomic mass is 16.5. The van der Waals surface area contributed by atoms with E-state index < -0.39 is 12.1 Å². The molecular weight excluding hydrogens is 198 g/mol. The predicted molar refractivity (Wildman–Crippen MR) is 52.4 cm³/mol. The van der Waals surface area contributed by atoms with Crippen molar-refractivity contribution in [2.75, 3.05) is 14.2 Å². The van der Waals surface area contributed by atoms with Gasteiger partial charge in [-0.05, 0) is 12.1 Å². The predicted octanol–water partition coefficient (Wildman–Crippen LogP) is 0.687. The number of nitrogens with zero attached hydrogens (tertiary/aromatic N) is 1.